The Morgan fingerprint density at radius 2 is 1.77 bits per heavy atom. The number of allylic oxidation sites excluding steroid dienone is 1. The van der Waals surface area contributed by atoms with Gasteiger partial charge in [0.25, 0.3) is 0 Å². The monoisotopic (exact) mass is 173 g/mol. The van der Waals surface area contributed by atoms with Gasteiger partial charge in [0.2, 0.25) is 0 Å². The van der Waals surface area contributed by atoms with Gasteiger partial charge in [-0.05, 0) is 23.3 Å². The average molecular weight is 173 g/mol. The van der Waals surface area contributed by atoms with Gasteiger partial charge in [-0.2, -0.15) is 0 Å². The minimum Gasteiger partial charge on any atom is -0.298 e. The molecule has 0 aliphatic heterocycles. The molecular formula is C12H15N+. The Morgan fingerprint density at radius 3 is 2.46 bits per heavy atom. The molecule has 0 aromatic heterocycles. The van der Waals surface area contributed by atoms with E-state index in [4.69, 9.17) is 0 Å². The summed E-state index contributed by atoms with van der Waals surface area (Å²) in [6.45, 7) is 0. The van der Waals surface area contributed by atoms with Crippen LogP contribution in [0, 0.1) is 6.42 Å². The molecule has 13 heavy (non-hydrogen) atoms. The molecule has 0 heterocycles. The second-order valence-electron chi connectivity index (χ2n) is 4.35. The lowest BCUT2D eigenvalue weighted by Crippen LogP contribution is -2.34. The van der Waals surface area contributed by atoms with Crippen molar-refractivity contribution in [3.8, 4) is 0 Å². The topological polar surface area (TPSA) is 0 Å². The van der Waals surface area contributed by atoms with E-state index < -0.39 is 0 Å². The van der Waals surface area contributed by atoms with E-state index in [2.05, 4.69) is 57.9 Å². The standard InChI is InChI=1S/C12H15N/c1-13(2,3)12-8-7-10-5-4-6-11(10)9-12/h4-9H,1-3H3/q+1. The number of fused-ring (bicyclic) bond motifs is 1. The van der Waals surface area contributed by atoms with E-state index in [0.717, 1.165) is 4.48 Å². The third-order valence-electron chi connectivity index (χ3n) is 2.40. The summed E-state index contributed by atoms with van der Waals surface area (Å²) >= 11 is 0. The lowest BCUT2D eigenvalue weighted by Gasteiger charge is -2.23. The molecule has 1 radical (unpaired) electrons. The van der Waals surface area contributed by atoms with Crippen molar-refractivity contribution < 1.29 is 0 Å². The van der Waals surface area contributed by atoms with E-state index in [1.807, 2.05) is 0 Å². The van der Waals surface area contributed by atoms with Crippen molar-refractivity contribution in [2.45, 2.75) is 0 Å². The first kappa shape index (κ1) is 8.52. The van der Waals surface area contributed by atoms with E-state index in [1.165, 1.54) is 16.8 Å². The summed E-state index contributed by atoms with van der Waals surface area (Å²) in [5, 5.41) is 0. The van der Waals surface area contributed by atoms with Crippen LogP contribution >= 0.6 is 0 Å². The van der Waals surface area contributed by atoms with Gasteiger partial charge in [-0.15, -0.1) is 0 Å². The van der Waals surface area contributed by atoms with Crippen LogP contribution in [0.2, 0.25) is 0 Å². The number of hydrogen-bond donors (Lipinski definition) is 0. The van der Waals surface area contributed by atoms with Crippen LogP contribution in [0.1, 0.15) is 11.1 Å². The maximum atomic E-state index is 2.26. The molecule has 1 aromatic carbocycles. The normalized spacial score (nSPS) is 14.7. The molecule has 0 amide bonds. The minimum atomic E-state index is 0.876. The molecule has 67 valence electrons. The van der Waals surface area contributed by atoms with E-state index >= 15 is 0 Å². The van der Waals surface area contributed by atoms with Crippen molar-refractivity contribution in [1.82, 2.24) is 4.48 Å². The molecule has 0 unspecified atom stereocenters. The van der Waals surface area contributed by atoms with Gasteiger partial charge in [0, 0.05) is 12.5 Å². The average Bonchev–Trinajstić information content (AvgIpc) is 2.47. The number of rotatable bonds is 1. The molecule has 2 rings (SSSR count). The zero-order valence-corrected chi connectivity index (χ0v) is 8.41. The number of nitrogens with zero attached hydrogens (tertiary/aromatic N) is 1. The fourth-order valence-electron chi connectivity index (χ4n) is 1.53. The molecule has 0 atom stereocenters. The summed E-state index contributed by atoms with van der Waals surface area (Å²) in [5.41, 5.74) is 4.02. The van der Waals surface area contributed by atoms with Crippen LogP contribution in [0.3, 0.4) is 0 Å². The fraction of sp³-hybridized carbons (Fsp3) is 0.250. The van der Waals surface area contributed by atoms with Crippen molar-refractivity contribution >= 4 is 11.8 Å². The van der Waals surface area contributed by atoms with Crippen molar-refractivity contribution in [2.75, 3.05) is 21.1 Å². The number of quaternary nitrogens is 1. The molecule has 1 aromatic rings. The first-order valence-electron chi connectivity index (χ1n) is 4.55. The third kappa shape index (κ3) is 1.52. The summed E-state index contributed by atoms with van der Waals surface area (Å²) in [5.74, 6) is 0. The van der Waals surface area contributed by atoms with Gasteiger partial charge in [-0.25, -0.2) is 0 Å². The van der Waals surface area contributed by atoms with Crippen LogP contribution in [0.5, 0.6) is 0 Å². The highest BCUT2D eigenvalue weighted by Gasteiger charge is 2.14. The summed E-state index contributed by atoms with van der Waals surface area (Å²) in [7, 11) is 6.55. The molecule has 0 N–H and O–H groups in total. The Kier molecular flexibility index (Phi) is 1.77. The molecule has 1 aliphatic carbocycles. The molecule has 0 spiro atoms. The lowest BCUT2D eigenvalue weighted by atomic mass is 10.1. The maximum Gasteiger partial charge on any atom is 0.132 e. The van der Waals surface area contributed by atoms with E-state index in [-0.39, 0.29) is 0 Å². The Bertz CT molecular complexity index is 356. The van der Waals surface area contributed by atoms with Crippen molar-refractivity contribution in [3.63, 3.8) is 0 Å². The van der Waals surface area contributed by atoms with Crippen molar-refractivity contribution in [1.29, 1.82) is 0 Å². The van der Waals surface area contributed by atoms with Crippen LogP contribution in [0.15, 0.2) is 24.3 Å². The lowest BCUT2D eigenvalue weighted by molar-refractivity contribution is 0.486. The second-order valence-corrected chi connectivity index (χ2v) is 4.35. The number of hydrogen-bond acceptors (Lipinski definition) is 0. The van der Waals surface area contributed by atoms with E-state index in [9.17, 15) is 0 Å². The zero-order valence-electron chi connectivity index (χ0n) is 8.41. The summed E-state index contributed by atoms with van der Waals surface area (Å²) < 4.78 is 0.876. The predicted octanol–water partition coefficient (Wildman–Crippen LogP) is 2.46. The Labute approximate surface area is 79.9 Å². The molecule has 1 aliphatic rings. The predicted molar refractivity (Wildman–Crippen MR) is 58.4 cm³/mol. The molecule has 0 bridgehead atoms. The summed E-state index contributed by atoms with van der Waals surface area (Å²) in [4.78, 5) is 0. The van der Waals surface area contributed by atoms with Gasteiger partial charge in [0.05, 0.1) is 21.1 Å². The molecule has 0 fully saturated rings. The van der Waals surface area contributed by atoms with Gasteiger partial charge >= 0.3 is 0 Å². The first-order chi connectivity index (χ1) is 6.07. The molecule has 0 saturated heterocycles. The highest BCUT2D eigenvalue weighted by molar-refractivity contribution is 5.68. The molecule has 0 saturated carbocycles. The second kappa shape index (κ2) is 2.71. The third-order valence-corrected chi connectivity index (χ3v) is 2.40. The molecular weight excluding hydrogens is 158 g/mol. The van der Waals surface area contributed by atoms with Crippen molar-refractivity contribution in [2.24, 2.45) is 0 Å². The Balaban J connectivity index is 2.45. The van der Waals surface area contributed by atoms with Gasteiger partial charge in [0.15, 0.2) is 0 Å². The summed E-state index contributed by atoms with van der Waals surface area (Å²) in [6.07, 6.45) is 6.41. The Morgan fingerprint density at radius 1 is 1.00 bits per heavy atom. The van der Waals surface area contributed by atoms with Gasteiger partial charge in [-0.3, -0.25) is 4.48 Å². The van der Waals surface area contributed by atoms with E-state index in [1.54, 1.807) is 0 Å². The van der Waals surface area contributed by atoms with Crippen LogP contribution < -0.4 is 4.48 Å². The smallest absolute Gasteiger partial charge is 0.132 e. The van der Waals surface area contributed by atoms with Crippen LogP contribution in [-0.4, -0.2) is 21.1 Å². The van der Waals surface area contributed by atoms with Crippen LogP contribution in [0.25, 0.3) is 6.08 Å². The van der Waals surface area contributed by atoms with Crippen LogP contribution in [-0.2, 0) is 0 Å². The van der Waals surface area contributed by atoms with Gasteiger partial charge in [-0.1, -0.05) is 12.2 Å². The highest BCUT2D eigenvalue weighted by atomic mass is 15.3. The largest absolute Gasteiger partial charge is 0.298 e. The molecule has 1 nitrogen and oxygen atoms in total. The minimum absolute atomic E-state index is 0.876. The van der Waals surface area contributed by atoms with Gasteiger partial charge in [0.1, 0.15) is 5.69 Å². The SMILES string of the molecule is C[N+](C)(C)c1ccc2c(c1)[CH]C=C2. The highest BCUT2D eigenvalue weighted by Crippen LogP contribution is 2.27. The zero-order chi connectivity index (χ0) is 9.47. The van der Waals surface area contributed by atoms with Gasteiger partial charge < -0.3 is 0 Å². The quantitative estimate of drug-likeness (QED) is 0.572. The summed E-state index contributed by atoms with van der Waals surface area (Å²) in [6, 6.07) is 6.64. The Hall–Kier alpha value is -1.08. The van der Waals surface area contributed by atoms with Crippen molar-refractivity contribution in [3.05, 3.63) is 41.8 Å². The number of benzene rings is 1. The fourth-order valence-corrected chi connectivity index (χ4v) is 1.53. The first-order valence-corrected chi connectivity index (χ1v) is 4.55. The molecule has 1 heteroatoms. The van der Waals surface area contributed by atoms with E-state index in [0.29, 0.717) is 0 Å². The van der Waals surface area contributed by atoms with Crippen LogP contribution in [0.4, 0.5) is 5.69 Å². The maximum absolute atomic E-state index is 2.26.